The standard InChI is InChI=1S/C10H10BrClF2/c1-4(2)6-7(11)9(13)5(3)10(14)8(6)12/h4H,1-3H3. The Bertz CT molecular complexity index is 346. The summed E-state index contributed by atoms with van der Waals surface area (Å²) in [6.07, 6.45) is 0. The highest BCUT2D eigenvalue weighted by atomic mass is 79.9. The van der Waals surface area contributed by atoms with Crippen molar-refractivity contribution in [3.8, 4) is 0 Å². The average molecular weight is 284 g/mol. The number of halogens is 4. The number of rotatable bonds is 1. The second kappa shape index (κ2) is 4.15. The summed E-state index contributed by atoms with van der Waals surface area (Å²) >= 11 is 8.89. The fourth-order valence-corrected chi connectivity index (χ4v) is 2.79. The van der Waals surface area contributed by atoms with Crippen LogP contribution in [0.3, 0.4) is 0 Å². The molecule has 4 heteroatoms. The molecule has 0 aliphatic carbocycles. The largest absolute Gasteiger partial charge is 0.205 e. The summed E-state index contributed by atoms with van der Waals surface area (Å²) in [5.74, 6) is -1.27. The molecule has 0 nitrogen and oxygen atoms in total. The van der Waals surface area contributed by atoms with E-state index in [1.165, 1.54) is 6.92 Å². The average Bonchev–Trinajstić information content (AvgIpc) is 2.11. The first-order valence-electron chi connectivity index (χ1n) is 4.20. The summed E-state index contributed by atoms with van der Waals surface area (Å²) in [5.41, 5.74) is 0.429. The van der Waals surface area contributed by atoms with Crippen LogP contribution in [0.1, 0.15) is 30.9 Å². The van der Waals surface area contributed by atoms with Crippen molar-refractivity contribution in [1.29, 1.82) is 0 Å². The fourth-order valence-electron chi connectivity index (χ4n) is 1.27. The second-order valence-electron chi connectivity index (χ2n) is 3.45. The molecule has 0 bridgehead atoms. The van der Waals surface area contributed by atoms with Crippen LogP contribution in [-0.2, 0) is 0 Å². The molecule has 0 unspecified atom stereocenters. The van der Waals surface area contributed by atoms with Crippen molar-refractivity contribution in [2.45, 2.75) is 26.7 Å². The minimum atomic E-state index is -0.670. The smallest absolute Gasteiger partial charge is 0.147 e. The molecule has 14 heavy (non-hydrogen) atoms. The minimum Gasteiger partial charge on any atom is -0.205 e. The van der Waals surface area contributed by atoms with E-state index in [0.29, 0.717) is 5.56 Å². The van der Waals surface area contributed by atoms with Crippen LogP contribution in [0.15, 0.2) is 4.47 Å². The van der Waals surface area contributed by atoms with E-state index < -0.39 is 11.6 Å². The molecular weight excluding hydrogens is 273 g/mol. The quantitative estimate of drug-likeness (QED) is 0.649. The molecule has 0 aliphatic heterocycles. The number of hydrogen-bond donors (Lipinski definition) is 0. The van der Waals surface area contributed by atoms with E-state index in [1.807, 2.05) is 13.8 Å². The van der Waals surface area contributed by atoms with E-state index in [1.54, 1.807) is 0 Å². The molecule has 78 valence electrons. The molecule has 0 aromatic heterocycles. The van der Waals surface area contributed by atoms with Gasteiger partial charge in [0, 0.05) is 5.56 Å². The predicted octanol–water partition coefficient (Wildman–Crippen LogP) is 4.81. The fraction of sp³-hybridized carbons (Fsp3) is 0.400. The Hall–Kier alpha value is -0.150. The summed E-state index contributed by atoms with van der Waals surface area (Å²) < 4.78 is 27.1. The zero-order chi connectivity index (χ0) is 11.0. The van der Waals surface area contributed by atoms with Gasteiger partial charge in [-0.2, -0.15) is 0 Å². The summed E-state index contributed by atoms with van der Waals surface area (Å²) in [6.45, 7) is 5.03. The second-order valence-corrected chi connectivity index (χ2v) is 4.62. The molecular formula is C10H10BrClF2. The molecule has 0 atom stereocenters. The molecule has 1 aromatic carbocycles. The Morgan fingerprint density at radius 1 is 1.21 bits per heavy atom. The lowest BCUT2D eigenvalue weighted by Crippen LogP contribution is -2.00. The zero-order valence-corrected chi connectivity index (χ0v) is 10.4. The van der Waals surface area contributed by atoms with E-state index in [4.69, 9.17) is 11.6 Å². The zero-order valence-electron chi connectivity index (χ0n) is 8.09. The van der Waals surface area contributed by atoms with Gasteiger partial charge in [-0.1, -0.05) is 25.4 Å². The van der Waals surface area contributed by atoms with Crippen LogP contribution in [0.25, 0.3) is 0 Å². The van der Waals surface area contributed by atoms with Crippen molar-refractivity contribution in [1.82, 2.24) is 0 Å². The first kappa shape index (κ1) is 11.9. The Morgan fingerprint density at radius 2 is 1.71 bits per heavy atom. The highest BCUT2D eigenvalue weighted by Crippen LogP contribution is 2.37. The lowest BCUT2D eigenvalue weighted by molar-refractivity contribution is 0.557. The summed E-state index contributed by atoms with van der Waals surface area (Å²) in [5, 5.41) is 0.00535. The maximum atomic E-state index is 13.4. The van der Waals surface area contributed by atoms with Crippen molar-refractivity contribution in [3.05, 3.63) is 32.3 Å². The topological polar surface area (TPSA) is 0 Å². The van der Waals surface area contributed by atoms with Crippen LogP contribution in [-0.4, -0.2) is 0 Å². The van der Waals surface area contributed by atoms with E-state index in [0.717, 1.165) is 0 Å². The normalized spacial score (nSPS) is 11.1. The lowest BCUT2D eigenvalue weighted by atomic mass is 10.0. The number of benzene rings is 1. The van der Waals surface area contributed by atoms with E-state index in [-0.39, 0.29) is 21.0 Å². The Morgan fingerprint density at radius 3 is 2.14 bits per heavy atom. The van der Waals surface area contributed by atoms with Gasteiger partial charge < -0.3 is 0 Å². The van der Waals surface area contributed by atoms with Crippen LogP contribution >= 0.6 is 27.5 Å². The van der Waals surface area contributed by atoms with Gasteiger partial charge in [-0.05, 0) is 34.3 Å². The van der Waals surface area contributed by atoms with Gasteiger partial charge in [0.05, 0.1) is 9.50 Å². The lowest BCUT2D eigenvalue weighted by Gasteiger charge is -2.14. The molecule has 0 aliphatic rings. The number of hydrogen-bond acceptors (Lipinski definition) is 0. The van der Waals surface area contributed by atoms with Crippen LogP contribution < -0.4 is 0 Å². The van der Waals surface area contributed by atoms with Crippen LogP contribution in [0, 0.1) is 18.6 Å². The molecule has 0 fully saturated rings. The van der Waals surface area contributed by atoms with Crippen molar-refractivity contribution < 1.29 is 8.78 Å². The molecule has 0 N–H and O–H groups in total. The van der Waals surface area contributed by atoms with Crippen LogP contribution in [0.2, 0.25) is 5.02 Å². The molecule has 1 rings (SSSR count). The monoisotopic (exact) mass is 282 g/mol. The summed E-state index contributed by atoms with van der Waals surface area (Å²) in [6, 6.07) is 0. The maximum Gasteiger partial charge on any atom is 0.147 e. The van der Waals surface area contributed by atoms with Gasteiger partial charge in [0.1, 0.15) is 11.6 Å². The van der Waals surface area contributed by atoms with Crippen LogP contribution in [0.5, 0.6) is 0 Å². The van der Waals surface area contributed by atoms with Gasteiger partial charge in [-0.25, -0.2) is 8.78 Å². The first-order chi connectivity index (χ1) is 6.37. The molecule has 0 heterocycles. The molecule has 1 aromatic rings. The first-order valence-corrected chi connectivity index (χ1v) is 5.37. The van der Waals surface area contributed by atoms with Gasteiger partial charge in [0.25, 0.3) is 0 Å². The van der Waals surface area contributed by atoms with Crippen LogP contribution in [0.4, 0.5) is 8.78 Å². The van der Waals surface area contributed by atoms with E-state index in [9.17, 15) is 8.78 Å². The van der Waals surface area contributed by atoms with E-state index >= 15 is 0 Å². The SMILES string of the molecule is Cc1c(F)c(Cl)c(C(C)C)c(Br)c1F. The molecule has 0 spiro atoms. The third-order valence-electron chi connectivity index (χ3n) is 2.09. The van der Waals surface area contributed by atoms with Crippen molar-refractivity contribution >= 4 is 27.5 Å². The maximum absolute atomic E-state index is 13.4. The molecule has 0 radical (unpaired) electrons. The molecule has 0 amide bonds. The predicted molar refractivity (Wildman–Crippen MR) is 57.9 cm³/mol. The third-order valence-corrected chi connectivity index (χ3v) is 3.24. The van der Waals surface area contributed by atoms with Crippen molar-refractivity contribution in [2.24, 2.45) is 0 Å². The Kier molecular flexibility index (Phi) is 3.53. The van der Waals surface area contributed by atoms with Crippen molar-refractivity contribution in [3.63, 3.8) is 0 Å². The van der Waals surface area contributed by atoms with Crippen molar-refractivity contribution in [2.75, 3.05) is 0 Å². The highest BCUT2D eigenvalue weighted by Gasteiger charge is 2.21. The third kappa shape index (κ3) is 1.80. The van der Waals surface area contributed by atoms with E-state index in [2.05, 4.69) is 15.9 Å². The summed E-state index contributed by atoms with van der Waals surface area (Å²) in [4.78, 5) is 0. The molecule has 0 saturated heterocycles. The van der Waals surface area contributed by atoms with Gasteiger partial charge >= 0.3 is 0 Å². The highest BCUT2D eigenvalue weighted by molar-refractivity contribution is 9.10. The van der Waals surface area contributed by atoms with Gasteiger partial charge in [0.2, 0.25) is 0 Å². The Balaban J connectivity index is 3.60. The summed E-state index contributed by atoms with van der Waals surface area (Å²) in [7, 11) is 0. The van der Waals surface area contributed by atoms with Gasteiger partial charge in [-0.3, -0.25) is 0 Å². The molecule has 0 saturated carbocycles. The minimum absolute atomic E-state index is 0.00535. The van der Waals surface area contributed by atoms with Gasteiger partial charge in [-0.15, -0.1) is 0 Å². The Labute approximate surface area is 95.4 Å². The van der Waals surface area contributed by atoms with Gasteiger partial charge in [0.15, 0.2) is 0 Å².